The number of fused-ring (bicyclic) bond motifs is 1. The normalized spacial score (nSPS) is 28.5. The lowest BCUT2D eigenvalue weighted by atomic mass is 9.76. The Morgan fingerprint density at radius 2 is 2.03 bits per heavy atom. The molecule has 1 spiro atoms. The minimum Gasteiger partial charge on any atom is -0.360 e. The first-order chi connectivity index (χ1) is 14.9. The van der Waals surface area contributed by atoms with Gasteiger partial charge in [0.2, 0.25) is 11.8 Å². The molecular weight excluding hydrogens is 390 g/mol. The molecule has 160 valence electrons. The summed E-state index contributed by atoms with van der Waals surface area (Å²) in [5.74, 6) is -0.678. The fraction of sp³-hybridized carbons (Fsp3) is 0.400. The molecule has 4 atom stereocenters. The van der Waals surface area contributed by atoms with Crippen LogP contribution >= 0.6 is 0 Å². The van der Waals surface area contributed by atoms with Crippen molar-refractivity contribution >= 4 is 17.5 Å². The largest absolute Gasteiger partial charge is 0.360 e. The van der Waals surface area contributed by atoms with Crippen molar-refractivity contribution in [3.05, 3.63) is 72.1 Å². The van der Waals surface area contributed by atoms with Gasteiger partial charge in [0, 0.05) is 18.9 Å². The lowest BCUT2D eigenvalue weighted by Crippen LogP contribution is -2.44. The van der Waals surface area contributed by atoms with E-state index in [1.807, 2.05) is 42.5 Å². The Bertz CT molecular complexity index is 1030. The first kappa shape index (κ1) is 19.9. The van der Waals surface area contributed by atoms with E-state index < -0.39 is 17.4 Å². The van der Waals surface area contributed by atoms with E-state index in [4.69, 9.17) is 4.74 Å². The van der Waals surface area contributed by atoms with E-state index in [0.29, 0.717) is 19.0 Å². The molecule has 6 heteroatoms. The summed E-state index contributed by atoms with van der Waals surface area (Å²) in [5, 5.41) is 0. The van der Waals surface area contributed by atoms with Crippen molar-refractivity contribution in [2.45, 2.75) is 38.0 Å². The number of hydrogen-bond donors (Lipinski definition) is 0. The zero-order chi connectivity index (χ0) is 21.8. The summed E-state index contributed by atoms with van der Waals surface area (Å²) in [6.45, 7) is 5.14. The molecule has 2 bridgehead atoms. The van der Waals surface area contributed by atoms with Crippen LogP contribution in [0.5, 0.6) is 0 Å². The van der Waals surface area contributed by atoms with Gasteiger partial charge in [-0.2, -0.15) is 0 Å². The van der Waals surface area contributed by atoms with Gasteiger partial charge in [0.15, 0.2) is 0 Å². The van der Waals surface area contributed by atoms with Crippen molar-refractivity contribution in [2.24, 2.45) is 11.8 Å². The quantitative estimate of drug-likeness (QED) is 0.701. The summed E-state index contributed by atoms with van der Waals surface area (Å²) >= 11 is 0. The molecule has 0 N–H and O–H groups in total. The standard InChI is InChI=1S/C25H27N3O3/c1-16(2)17-7-9-19(10-8-17)28-15-25-12-11-20(31-25)21(22(25)24(28)30)23(29)27(3)14-18-6-4-5-13-26-18/h4-13,16,20-22H,14-15H2,1-3H3/t20-,21-,22+,25-/m0/s1. The van der Waals surface area contributed by atoms with Crippen LogP contribution in [0.15, 0.2) is 60.8 Å². The second-order valence-corrected chi connectivity index (χ2v) is 9.09. The molecule has 2 amide bonds. The summed E-state index contributed by atoms with van der Waals surface area (Å²) in [5.41, 5.74) is 2.18. The molecule has 0 unspecified atom stereocenters. The molecule has 2 fully saturated rings. The molecule has 6 nitrogen and oxygen atoms in total. The third-order valence-corrected chi connectivity index (χ3v) is 6.76. The van der Waals surface area contributed by atoms with E-state index >= 15 is 0 Å². The van der Waals surface area contributed by atoms with E-state index in [0.717, 1.165) is 11.4 Å². The van der Waals surface area contributed by atoms with Gasteiger partial charge in [-0.05, 0) is 35.7 Å². The van der Waals surface area contributed by atoms with Gasteiger partial charge in [0.05, 0.1) is 36.7 Å². The van der Waals surface area contributed by atoms with Gasteiger partial charge in [0.1, 0.15) is 5.60 Å². The average molecular weight is 418 g/mol. The predicted octanol–water partition coefficient (Wildman–Crippen LogP) is 3.15. The van der Waals surface area contributed by atoms with Crippen molar-refractivity contribution < 1.29 is 14.3 Å². The van der Waals surface area contributed by atoms with Crippen molar-refractivity contribution in [1.82, 2.24) is 9.88 Å². The molecule has 3 aliphatic heterocycles. The van der Waals surface area contributed by atoms with Gasteiger partial charge < -0.3 is 14.5 Å². The van der Waals surface area contributed by atoms with Crippen molar-refractivity contribution in [1.29, 1.82) is 0 Å². The zero-order valence-electron chi connectivity index (χ0n) is 18.1. The monoisotopic (exact) mass is 417 g/mol. The van der Waals surface area contributed by atoms with Gasteiger partial charge in [-0.1, -0.05) is 44.2 Å². The number of aromatic nitrogens is 1. The van der Waals surface area contributed by atoms with Crippen LogP contribution in [0.2, 0.25) is 0 Å². The number of amides is 2. The van der Waals surface area contributed by atoms with Crippen LogP contribution in [0.3, 0.4) is 0 Å². The molecule has 1 aromatic heterocycles. The summed E-state index contributed by atoms with van der Waals surface area (Å²) in [4.78, 5) is 34.7. The predicted molar refractivity (Wildman–Crippen MR) is 117 cm³/mol. The number of anilines is 1. The minimum atomic E-state index is -0.718. The van der Waals surface area contributed by atoms with Crippen molar-refractivity contribution in [2.75, 3.05) is 18.5 Å². The van der Waals surface area contributed by atoms with Gasteiger partial charge in [0.25, 0.3) is 0 Å². The van der Waals surface area contributed by atoms with Crippen LogP contribution in [-0.2, 0) is 20.9 Å². The average Bonchev–Trinajstić information content (AvgIpc) is 3.42. The van der Waals surface area contributed by atoms with Crippen LogP contribution in [0.25, 0.3) is 0 Å². The Morgan fingerprint density at radius 1 is 1.26 bits per heavy atom. The van der Waals surface area contributed by atoms with Crippen LogP contribution in [0.1, 0.15) is 31.0 Å². The van der Waals surface area contributed by atoms with E-state index in [1.165, 1.54) is 5.56 Å². The Morgan fingerprint density at radius 3 is 2.71 bits per heavy atom. The highest BCUT2D eigenvalue weighted by atomic mass is 16.5. The minimum absolute atomic E-state index is 0.0336. The highest BCUT2D eigenvalue weighted by Crippen LogP contribution is 2.53. The van der Waals surface area contributed by atoms with Gasteiger partial charge in [-0.15, -0.1) is 0 Å². The Balaban J connectivity index is 1.39. The van der Waals surface area contributed by atoms with Gasteiger partial charge in [-0.25, -0.2) is 0 Å². The number of ether oxygens (including phenoxy) is 1. The summed E-state index contributed by atoms with van der Waals surface area (Å²) in [7, 11) is 1.77. The number of hydrogen-bond acceptors (Lipinski definition) is 4. The first-order valence-corrected chi connectivity index (χ1v) is 10.8. The Labute approximate surface area is 182 Å². The summed E-state index contributed by atoms with van der Waals surface area (Å²) < 4.78 is 6.27. The number of rotatable bonds is 5. The van der Waals surface area contributed by atoms with E-state index in [2.05, 4.69) is 31.0 Å². The highest BCUT2D eigenvalue weighted by Gasteiger charge is 2.67. The van der Waals surface area contributed by atoms with Crippen molar-refractivity contribution in [3.8, 4) is 0 Å². The first-order valence-electron chi connectivity index (χ1n) is 10.8. The number of pyridine rings is 1. The highest BCUT2D eigenvalue weighted by molar-refractivity contribution is 6.03. The molecule has 0 saturated carbocycles. The molecule has 2 aromatic rings. The maximum absolute atomic E-state index is 13.5. The molecule has 5 rings (SSSR count). The van der Waals surface area contributed by atoms with Crippen LogP contribution < -0.4 is 4.90 Å². The Kier molecular flexibility index (Phi) is 4.70. The van der Waals surface area contributed by atoms with Gasteiger partial charge in [-0.3, -0.25) is 14.6 Å². The van der Waals surface area contributed by atoms with Gasteiger partial charge >= 0.3 is 0 Å². The van der Waals surface area contributed by atoms with E-state index in [9.17, 15) is 9.59 Å². The summed E-state index contributed by atoms with van der Waals surface area (Å²) in [6, 6.07) is 13.8. The second-order valence-electron chi connectivity index (χ2n) is 9.09. The lowest BCUT2D eigenvalue weighted by Gasteiger charge is -2.27. The number of carbonyl (C=O) groups excluding carboxylic acids is 2. The van der Waals surface area contributed by atoms with Crippen LogP contribution in [0, 0.1) is 11.8 Å². The summed E-state index contributed by atoms with van der Waals surface area (Å²) in [6.07, 6.45) is 5.31. The smallest absolute Gasteiger partial charge is 0.234 e. The Hall–Kier alpha value is -2.99. The zero-order valence-corrected chi connectivity index (χ0v) is 18.1. The SMILES string of the molecule is CC(C)c1ccc(N2C[C@]34C=C[C@H](O3)[C@H](C(=O)N(C)Cc3ccccn3)[C@@H]4C2=O)cc1. The molecule has 3 aliphatic rings. The molecule has 2 saturated heterocycles. The molecule has 0 aliphatic carbocycles. The fourth-order valence-corrected chi connectivity index (χ4v) is 5.10. The molecule has 31 heavy (non-hydrogen) atoms. The maximum atomic E-state index is 13.5. The molecular formula is C25H27N3O3. The molecule has 0 radical (unpaired) electrons. The maximum Gasteiger partial charge on any atom is 0.234 e. The molecule has 4 heterocycles. The fourth-order valence-electron chi connectivity index (χ4n) is 5.10. The number of nitrogens with zero attached hydrogens (tertiary/aromatic N) is 3. The van der Waals surface area contributed by atoms with Crippen LogP contribution in [0.4, 0.5) is 5.69 Å². The number of carbonyl (C=O) groups is 2. The number of benzene rings is 1. The second kappa shape index (κ2) is 7.31. The third kappa shape index (κ3) is 3.17. The third-order valence-electron chi connectivity index (χ3n) is 6.76. The van der Waals surface area contributed by atoms with Crippen LogP contribution in [-0.4, -0.2) is 47.0 Å². The van der Waals surface area contributed by atoms with E-state index in [-0.39, 0.29) is 17.9 Å². The van der Waals surface area contributed by atoms with Crippen molar-refractivity contribution in [3.63, 3.8) is 0 Å². The topological polar surface area (TPSA) is 62.7 Å². The molecule has 1 aromatic carbocycles. The van der Waals surface area contributed by atoms with E-state index in [1.54, 1.807) is 23.0 Å². The lowest BCUT2D eigenvalue weighted by molar-refractivity contribution is -0.139.